The molecular weight excluding hydrogens is 382 g/mol. The Morgan fingerprint density at radius 2 is 1.63 bits per heavy atom. The summed E-state index contributed by atoms with van der Waals surface area (Å²) in [7, 11) is 1.51. The van der Waals surface area contributed by atoms with Crippen LogP contribution in [0.15, 0.2) is 18.2 Å². The number of benzene rings is 1. The summed E-state index contributed by atoms with van der Waals surface area (Å²) in [5.41, 5.74) is 1.17. The highest BCUT2D eigenvalue weighted by Crippen LogP contribution is 2.61. The van der Waals surface area contributed by atoms with Gasteiger partial charge in [0.2, 0.25) is 17.7 Å². The van der Waals surface area contributed by atoms with Crippen molar-refractivity contribution >= 4 is 29.1 Å². The minimum Gasteiger partial charge on any atom is -0.495 e. The zero-order valence-electron chi connectivity index (χ0n) is 17.8. The first-order valence-corrected chi connectivity index (χ1v) is 10.9. The first kappa shape index (κ1) is 20.7. The van der Waals surface area contributed by atoms with E-state index in [1.165, 1.54) is 52.6 Å². The van der Waals surface area contributed by atoms with Gasteiger partial charge in [0.25, 0.3) is 0 Å². The normalized spacial score (nSPS) is 28.7. The lowest BCUT2D eigenvalue weighted by Crippen LogP contribution is -2.48. The second kappa shape index (κ2) is 8.28. The van der Waals surface area contributed by atoms with Gasteiger partial charge >= 0.3 is 0 Å². The molecule has 1 aromatic carbocycles. The number of carbonyl (C=O) groups excluding carboxylic acids is 3. The summed E-state index contributed by atoms with van der Waals surface area (Å²) in [5, 5.41) is 8.24. The van der Waals surface area contributed by atoms with Crippen LogP contribution in [-0.2, 0) is 14.4 Å². The summed E-state index contributed by atoms with van der Waals surface area (Å²) < 4.78 is 5.28. The van der Waals surface area contributed by atoms with Crippen molar-refractivity contribution in [3.63, 3.8) is 0 Å². The molecule has 4 saturated carbocycles. The van der Waals surface area contributed by atoms with Gasteiger partial charge in [-0.15, -0.1) is 0 Å². The molecule has 3 N–H and O–H groups in total. The number of rotatable bonds is 7. The molecule has 0 aromatic heterocycles. The van der Waals surface area contributed by atoms with Gasteiger partial charge in [0.15, 0.2) is 0 Å². The fraction of sp³-hybridized carbons (Fsp3) is 0.609. The number of methoxy groups -OCH3 is 1. The van der Waals surface area contributed by atoms with Gasteiger partial charge in [0.05, 0.1) is 19.3 Å². The summed E-state index contributed by atoms with van der Waals surface area (Å²) in [6.45, 7) is 1.33. The molecule has 0 saturated heterocycles. The molecule has 4 aliphatic carbocycles. The van der Waals surface area contributed by atoms with E-state index in [4.69, 9.17) is 4.74 Å². The van der Waals surface area contributed by atoms with Crippen LogP contribution in [0.4, 0.5) is 11.4 Å². The zero-order valence-corrected chi connectivity index (χ0v) is 17.8. The first-order valence-electron chi connectivity index (χ1n) is 10.9. The molecule has 7 nitrogen and oxygen atoms in total. The van der Waals surface area contributed by atoms with Gasteiger partial charge in [-0.05, 0) is 79.9 Å². The van der Waals surface area contributed by atoms with Crippen molar-refractivity contribution in [3.8, 4) is 5.75 Å². The van der Waals surface area contributed by atoms with E-state index in [-0.39, 0.29) is 29.7 Å². The number of ether oxygens (including phenoxy) is 1. The lowest BCUT2D eigenvalue weighted by molar-refractivity contribution is -0.131. The third-order valence-corrected chi connectivity index (χ3v) is 6.94. The smallest absolute Gasteiger partial charge is 0.243 e. The minimum absolute atomic E-state index is 0.0361. The molecule has 1 aromatic rings. The van der Waals surface area contributed by atoms with E-state index in [0.29, 0.717) is 23.5 Å². The molecule has 0 aliphatic heterocycles. The molecule has 0 spiro atoms. The Labute approximate surface area is 177 Å². The number of hydrogen-bond acceptors (Lipinski definition) is 4. The molecule has 4 fully saturated rings. The van der Waals surface area contributed by atoms with Crippen LogP contribution < -0.4 is 20.7 Å². The Morgan fingerprint density at radius 1 is 1.00 bits per heavy atom. The lowest BCUT2D eigenvalue weighted by atomic mass is 9.49. The van der Waals surface area contributed by atoms with E-state index in [1.807, 2.05) is 0 Å². The maximum atomic E-state index is 12.6. The second-order valence-electron chi connectivity index (χ2n) is 9.52. The summed E-state index contributed by atoms with van der Waals surface area (Å²) in [6, 6.07) is 5.01. The van der Waals surface area contributed by atoms with Gasteiger partial charge in [-0.3, -0.25) is 14.4 Å². The van der Waals surface area contributed by atoms with E-state index in [1.54, 1.807) is 18.2 Å². The van der Waals surface area contributed by atoms with Crippen LogP contribution in [0.25, 0.3) is 0 Å². The summed E-state index contributed by atoms with van der Waals surface area (Å²) in [6.07, 6.45) is 8.10. The lowest BCUT2D eigenvalue weighted by Gasteiger charge is -2.56. The van der Waals surface area contributed by atoms with Crippen LogP contribution in [0.5, 0.6) is 5.75 Å². The third-order valence-electron chi connectivity index (χ3n) is 6.94. The van der Waals surface area contributed by atoms with Gasteiger partial charge in [0.1, 0.15) is 5.75 Å². The molecule has 0 heterocycles. The van der Waals surface area contributed by atoms with Crippen LogP contribution in [0, 0.1) is 23.2 Å². The van der Waals surface area contributed by atoms with E-state index in [9.17, 15) is 14.4 Å². The Balaban J connectivity index is 1.31. The molecular formula is C23H31N3O4. The van der Waals surface area contributed by atoms with Gasteiger partial charge in [0, 0.05) is 19.0 Å². The summed E-state index contributed by atoms with van der Waals surface area (Å²) in [5.74, 6) is 2.33. The monoisotopic (exact) mass is 413 g/mol. The van der Waals surface area contributed by atoms with Crippen LogP contribution in [0.3, 0.4) is 0 Å². The van der Waals surface area contributed by atoms with E-state index in [2.05, 4.69) is 16.0 Å². The highest BCUT2D eigenvalue weighted by molar-refractivity contribution is 5.97. The van der Waals surface area contributed by atoms with Crippen molar-refractivity contribution in [2.24, 2.45) is 23.2 Å². The van der Waals surface area contributed by atoms with Gasteiger partial charge < -0.3 is 20.7 Å². The average molecular weight is 414 g/mol. The van der Waals surface area contributed by atoms with Crippen molar-refractivity contribution in [1.29, 1.82) is 0 Å². The average Bonchev–Trinajstić information content (AvgIpc) is 2.65. The van der Waals surface area contributed by atoms with Crippen LogP contribution in [0.2, 0.25) is 0 Å². The zero-order chi connectivity index (χ0) is 21.3. The van der Waals surface area contributed by atoms with Crippen molar-refractivity contribution in [2.45, 2.75) is 51.9 Å². The standard InChI is InChI=1S/C23H31N3O4/c1-14(27)25-18-3-4-20(30-2)19(8-18)26-22(29)13-24-21(28)12-23-9-15-5-16(10-23)7-17(6-15)11-23/h3-4,8,15-17H,5-7,9-13H2,1-2H3,(H,24,28)(H,25,27)(H,26,29). The first-order chi connectivity index (χ1) is 14.3. The molecule has 7 heteroatoms. The number of carbonyl (C=O) groups is 3. The maximum absolute atomic E-state index is 12.6. The Hall–Kier alpha value is -2.57. The molecule has 4 aliphatic rings. The quantitative estimate of drug-likeness (QED) is 0.639. The Kier molecular flexibility index (Phi) is 5.71. The molecule has 3 amide bonds. The molecule has 162 valence electrons. The van der Waals surface area contributed by atoms with E-state index in [0.717, 1.165) is 17.8 Å². The number of hydrogen-bond donors (Lipinski definition) is 3. The molecule has 0 unspecified atom stereocenters. The Morgan fingerprint density at radius 3 is 2.20 bits per heavy atom. The van der Waals surface area contributed by atoms with E-state index >= 15 is 0 Å². The van der Waals surface area contributed by atoms with Crippen LogP contribution >= 0.6 is 0 Å². The fourth-order valence-corrected chi connectivity index (χ4v) is 6.37. The van der Waals surface area contributed by atoms with Gasteiger partial charge in [-0.2, -0.15) is 0 Å². The topological polar surface area (TPSA) is 96.5 Å². The van der Waals surface area contributed by atoms with Gasteiger partial charge in [-0.25, -0.2) is 0 Å². The molecule has 0 radical (unpaired) electrons. The highest BCUT2D eigenvalue weighted by atomic mass is 16.5. The third kappa shape index (κ3) is 4.60. The number of anilines is 2. The van der Waals surface area contributed by atoms with Crippen molar-refractivity contribution in [1.82, 2.24) is 5.32 Å². The summed E-state index contributed by atoms with van der Waals surface area (Å²) >= 11 is 0. The molecule has 4 bridgehead atoms. The van der Waals surface area contributed by atoms with Gasteiger partial charge in [-0.1, -0.05) is 0 Å². The second-order valence-corrected chi connectivity index (χ2v) is 9.52. The van der Waals surface area contributed by atoms with Crippen LogP contribution in [0.1, 0.15) is 51.9 Å². The van der Waals surface area contributed by atoms with Crippen LogP contribution in [-0.4, -0.2) is 31.4 Å². The molecule has 0 atom stereocenters. The van der Waals surface area contributed by atoms with Crippen molar-refractivity contribution < 1.29 is 19.1 Å². The largest absolute Gasteiger partial charge is 0.495 e. The predicted molar refractivity (Wildman–Crippen MR) is 114 cm³/mol. The molecule has 5 rings (SSSR count). The predicted octanol–water partition coefficient (Wildman–Crippen LogP) is 3.31. The van der Waals surface area contributed by atoms with Crippen molar-refractivity contribution in [3.05, 3.63) is 18.2 Å². The van der Waals surface area contributed by atoms with Crippen molar-refractivity contribution in [2.75, 3.05) is 24.3 Å². The highest BCUT2D eigenvalue weighted by Gasteiger charge is 2.51. The SMILES string of the molecule is COc1ccc(NC(C)=O)cc1NC(=O)CNC(=O)CC12CC3CC(CC(C3)C1)C2. The Bertz CT molecular complexity index is 816. The van der Waals surface area contributed by atoms with E-state index < -0.39 is 0 Å². The summed E-state index contributed by atoms with van der Waals surface area (Å²) in [4.78, 5) is 36.3. The maximum Gasteiger partial charge on any atom is 0.243 e. The number of nitrogens with one attached hydrogen (secondary N) is 3. The molecule has 30 heavy (non-hydrogen) atoms. The number of amides is 3. The minimum atomic E-state index is -0.327. The fourth-order valence-electron chi connectivity index (χ4n) is 6.37.